The van der Waals surface area contributed by atoms with Gasteiger partial charge < -0.3 is 10.5 Å². The molecule has 2 aliphatic rings. The standard InChI is InChI=1S/C14H23N3O/c1-3-4-17-14(12(18-2)8-16-17)13(15)11-6-9-5-10(9)7-11/h8-11,13H,3-7,15H2,1-2H3. The van der Waals surface area contributed by atoms with E-state index in [1.54, 1.807) is 13.3 Å². The fraction of sp³-hybridized carbons (Fsp3) is 0.786. The van der Waals surface area contributed by atoms with Gasteiger partial charge in [0.1, 0.15) is 0 Å². The van der Waals surface area contributed by atoms with Gasteiger partial charge >= 0.3 is 0 Å². The highest BCUT2D eigenvalue weighted by Crippen LogP contribution is 2.57. The molecule has 2 N–H and O–H groups in total. The summed E-state index contributed by atoms with van der Waals surface area (Å²) < 4.78 is 7.46. The zero-order chi connectivity index (χ0) is 12.7. The van der Waals surface area contributed by atoms with E-state index >= 15 is 0 Å². The third kappa shape index (κ3) is 1.92. The highest BCUT2D eigenvalue weighted by atomic mass is 16.5. The first-order valence-corrected chi connectivity index (χ1v) is 7.09. The monoisotopic (exact) mass is 249 g/mol. The number of nitrogens with zero attached hydrogens (tertiary/aromatic N) is 2. The molecule has 0 spiro atoms. The molecular formula is C14H23N3O. The summed E-state index contributed by atoms with van der Waals surface area (Å²) >= 11 is 0. The van der Waals surface area contributed by atoms with E-state index in [1.807, 2.05) is 4.68 Å². The minimum Gasteiger partial charge on any atom is -0.493 e. The van der Waals surface area contributed by atoms with Crippen LogP contribution in [0.5, 0.6) is 5.75 Å². The molecule has 2 aliphatic carbocycles. The smallest absolute Gasteiger partial charge is 0.161 e. The lowest BCUT2D eigenvalue weighted by Gasteiger charge is -2.22. The minimum atomic E-state index is 0.0850. The van der Waals surface area contributed by atoms with Crippen molar-refractivity contribution in [3.8, 4) is 5.75 Å². The van der Waals surface area contributed by atoms with Crippen molar-refractivity contribution in [3.63, 3.8) is 0 Å². The minimum absolute atomic E-state index is 0.0850. The van der Waals surface area contributed by atoms with Gasteiger partial charge in [0.05, 0.1) is 25.0 Å². The second-order valence-corrected chi connectivity index (χ2v) is 5.83. The number of aromatic nitrogens is 2. The zero-order valence-corrected chi connectivity index (χ0v) is 11.3. The highest BCUT2D eigenvalue weighted by Gasteiger charge is 2.48. The number of hydrogen-bond acceptors (Lipinski definition) is 3. The topological polar surface area (TPSA) is 53.1 Å². The number of nitrogens with two attached hydrogens (primary N) is 1. The normalized spacial score (nSPS) is 31.2. The molecule has 4 nitrogen and oxygen atoms in total. The Balaban J connectivity index is 1.82. The number of aryl methyl sites for hydroxylation is 1. The first-order chi connectivity index (χ1) is 8.74. The number of fused-ring (bicyclic) bond motifs is 1. The van der Waals surface area contributed by atoms with Gasteiger partial charge in [-0.25, -0.2) is 0 Å². The van der Waals surface area contributed by atoms with Crippen molar-refractivity contribution in [1.29, 1.82) is 0 Å². The van der Waals surface area contributed by atoms with Crippen LogP contribution < -0.4 is 10.5 Å². The third-order valence-electron chi connectivity index (χ3n) is 4.60. The van der Waals surface area contributed by atoms with Crippen LogP contribution in [0.1, 0.15) is 44.3 Å². The van der Waals surface area contributed by atoms with Crippen LogP contribution in [0.2, 0.25) is 0 Å². The Bertz CT molecular complexity index is 419. The molecule has 0 radical (unpaired) electrons. The van der Waals surface area contributed by atoms with E-state index in [4.69, 9.17) is 10.5 Å². The van der Waals surface area contributed by atoms with Crippen molar-refractivity contribution in [1.82, 2.24) is 9.78 Å². The van der Waals surface area contributed by atoms with E-state index in [9.17, 15) is 0 Å². The first kappa shape index (κ1) is 12.0. The summed E-state index contributed by atoms with van der Waals surface area (Å²) in [5.41, 5.74) is 7.60. The van der Waals surface area contributed by atoms with E-state index in [0.717, 1.165) is 36.2 Å². The van der Waals surface area contributed by atoms with Crippen molar-refractivity contribution in [2.24, 2.45) is 23.5 Å². The molecule has 1 aromatic rings. The maximum absolute atomic E-state index is 6.49. The number of ether oxygens (including phenoxy) is 1. The zero-order valence-electron chi connectivity index (χ0n) is 11.3. The van der Waals surface area contributed by atoms with Gasteiger partial charge in [-0.1, -0.05) is 6.92 Å². The summed E-state index contributed by atoms with van der Waals surface area (Å²) in [5.74, 6) is 3.41. The molecule has 2 fully saturated rings. The summed E-state index contributed by atoms with van der Waals surface area (Å²) in [5, 5.41) is 4.41. The molecule has 4 heteroatoms. The van der Waals surface area contributed by atoms with Gasteiger partial charge in [0.25, 0.3) is 0 Å². The van der Waals surface area contributed by atoms with E-state index < -0.39 is 0 Å². The number of methoxy groups -OCH3 is 1. The van der Waals surface area contributed by atoms with E-state index in [-0.39, 0.29) is 6.04 Å². The highest BCUT2D eigenvalue weighted by molar-refractivity contribution is 5.29. The molecule has 0 bridgehead atoms. The van der Waals surface area contributed by atoms with Gasteiger partial charge in [0, 0.05) is 6.54 Å². The molecule has 100 valence electrons. The predicted octanol–water partition coefficient (Wildman–Crippen LogP) is 2.35. The molecule has 1 heterocycles. The van der Waals surface area contributed by atoms with Crippen molar-refractivity contribution >= 4 is 0 Å². The lowest BCUT2D eigenvalue weighted by molar-refractivity contribution is 0.354. The summed E-state index contributed by atoms with van der Waals surface area (Å²) in [6.45, 7) is 3.08. The van der Waals surface area contributed by atoms with Crippen molar-refractivity contribution in [2.75, 3.05) is 7.11 Å². The molecule has 2 saturated carbocycles. The van der Waals surface area contributed by atoms with E-state index in [0.29, 0.717) is 5.92 Å². The van der Waals surface area contributed by atoms with Gasteiger partial charge in [-0.3, -0.25) is 4.68 Å². The number of hydrogen-bond donors (Lipinski definition) is 1. The fourth-order valence-corrected chi connectivity index (χ4v) is 3.54. The van der Waals surface area contributed by atoms with Crippen LogP contribution in [0.15, 0.2) is 6.20 Å². The third-order valence-corrected chi connectivity index (χ3v) is 4.60. The quantitative estimate of drug-likeness (QED) is 0.871. The summed E-state index contributed by atoms with van der Waals surface area (Å²) in [7, 11) is 1.70. The Labute approximate surface area is 108 Å². The molecular weight excluding hydrogens is 226 g/mol. The van der Waals surface area contributed by atoms with Crippen LogP contribution in [-0.4, -0.2) is 16.9 Å². The second kappa shape index (κ2) is 4.57. The average molecular weight is 249 g/mol. The molecule has 3 unspecified atom stereocenters. The SMILES string of the molecule is CCCn1ncc(OC)c1C(N)C1CC2CC2C1. The molecule has 3 rings (SSSR count). The van der Waals surface area contributed by atoms with Gasteiger partial charge in [-0.2, -0.15) is 5.10 Å². The maximum Gasteiger partial charge on any atom is 0.161 e. The Kier molecular flexibility index (Phi) is 3.06. The molecule has 18 heavy (non-hydrogen) atoms. The molecule has 1 aromatic heterocycles. The first-order valence-electron chi connectivity index (χ1n) is 7.09. The molecule has 3 atom stereocenters. The maximum atomic E-state index is 6.49. The molecule has 0 amide bonds. The molecule has 0 saturated heterocycles. The van der Waals surface area contributed by atoms with Crippen LogP contribution in [0.4, 0.5) is 0 Å². The van der Waals surface area contributed by atoms with Crippen LogP contribution >= 0.6 is 0 Å². The van der Waals surface area contributed by atoms with Gasteiger partial charge in [0.2, 0.25) is 0 Å². The summed E-state index contributed by atoms with van der Waals surface area (Å²) in [6, 6.07) is 0.0850. The Hall–Kier alpha value is -1.03. The largest absolute Gasteiger partial charge is 0.493 e. The predicted molar refractivity (Wildman–Crippen MR) is 70.3 cm³/mol. The van der Waals surface area contributed by atoms with Crippen molar-refractivity contribution in [2.45, 2.75) is 45.2 Å². The second-order valence-electron chi connectivity index (χ2n) is 5.83. The lowest BCUT2D eigenvalue weighted by atomic mass is 9.92. The van der Waals surface area contributed by atoms with Crippen LogP contribution in [-0.2, 0) is 6.54 Å². The Morgan fingerprint density at radius 2 is 2.17 bits per heavy atom. The number of rotatable bonds is 5. The summed E-state index contributed by atoms with van der Waals surface area (Å²) in [4.78, 5) is 0. The molecule has 0 aliphatic heterocycles. The van der Waals surface area contributed by atoms with E-state index in [1.165, 1.54) is 19.3 Å². The summed E-state index contributed by atoms with van der Waals surface area (Å²) in [6.07, 6.45) is 6.91. The fourth-order valence-electron chi connectivity index (χ4n) is 3.54. The van der Waals surface area contributed by atoms with Crippen molar-refractivity contribution in [3.05, 3.63) is 11.9 Å². The van der Waals surface area contributed by atoms with Gasteiger partial charge in [0.15, 0.2) is 5.75 Å². The van der Waals surface area contributed by atoms with Crippen LogP contribution in [0.25, 0.3) is 0 Å². The molecule has 0 aromatic carbocycles. The Morgan fingerprint density at radius 1 is 1.44 bits per heavy atom. The van der Waals surface area contributed by atoms with E-state index in [2.05, 4.69) is 12.0 Å². The van der Waals surface area contributed by atoms with Gasteiger partial charge in [-0.05, 0) is 43.4 Å². The van der Waals surface area contributed by atoms with Crippen LogP contribution in [0, 0.1) is 17.8 Å². The average Bonchev–Trinajstić information content (AvgIpc) is 2.83. The van der Waals surface area contributed by atoms with Gasteiger partial charge in [-0.15, -0.1) is 0 Å². The Morgan fingerprint density at radius 3 is 2.78 bits per heavy atom. The van der Waals surface area contributed by atoms with Crippen molar-refractivity contribution < 1.29 is 4.74 Å². The van der Waals surface area contributed by atoms with Crippen LogP contribution in [0.3, 0.4) is 0 Å². The lowest BCUT2D eigenvalue weighted by Crippen LogP contribution is -2.24.